The first-order valence-electron chi connectivity index (χ1n) is 3.74. The molecule has 0 rings (SSSR count). The van der Waals surface area contributed by atoms with E-state index in [9.17, 15) is 4.79 Å². The first-order valence-corrected chi connectivity index (χ1v) is 8.18. The van der Waals surface area contributed by atoms with Crippen LogP contribution in [0.1, 0.15) is 13.3 Å². The Kier molecular flexibility index (Phi) is 4.90. The lowest BCUT2D eigenvalue weighted by molar-refractivity contribution is -0.114. The van der Waals surface area contributed by atoms with Crippen LogP contribution in [-0.4, -0.2) is 12.6 Å². The molecule has 0 aliphatic carbocycles. The van der Waals surface area contributed by atoms with E-state index >= 15 is 0 Å². The zero-order valence-corrected chi connectivity index (χ0v) is 9.58. The number of amides is 1. The van der Waals surface area contributed by atoms with Gasteiger partial charge in [-0.05, 0) is 12.1 Å². The third-order valence-electron chi connectivity index (χ3n) is 1.44. The maximum Gasteiger partial charge on any atom is 0.255 e. The average Bonchev–Trinajstić information content (AvgIpc) is 1.85. The van der Waals surface area contributed by atoms with Crippen LogP contribution < -0.4 is 5.73 Å². The molecule has 0 aliphatic heterocycles. The third-order valence-corrected chi connectivity index (χ3v) is 5.55. The Morgan fingerprint density at radius 3 is 2.42 bits per heavy atom. The van der Waals surface area contributed by atoms with Crippen molar-refractivity contribution in [2.75, 3.05) is 0 Å². The maximum atomic E-state index is 10.6. The number of nitrogens with two attached hydrogens (primary N) is 1. The minimum atomic E-state index is -2.29. The zero-order chi connectivity index (χ0) is 9.78. The molecule has 0 aromatic rings. The van der Waals surface area contributed by atoms with Gasteiger partial charge in [-0.3, -0.25) is 4.79 Å². The van der Waals surface area contributed by atoms with E-state index in [0.717, 1.165) is 12.5 Å². The summed E-state index contributed by atoms with van der Waals surface area (Å²) in [6.07, 6.45) is 0.922. The summed E-state index contributed by atoms with van der Waals surface area (Å²) in [6.45, 7) is 3.23. The van der Waals surface area contributed by atoms with Crippen molar-refractivity contribution in [3.63, 3.8) is 0 Å². The van der Waals surface area contributed by atoms with Crippen molar-refractivity contribution in [1.82, 2.24) is 0 Å². The number of hydrogen-bond acceptors (Lipinski definition) is 1. The topological polar surface area (TPSA) is 43.1 Å². The molecule has 0 heterocycles. The van der Waals surface area contributed by atoms with Crippen molar-refractivity contribution in [1.29, 1.82) is 0 Å². The lowest BCUT2D eigenvalue weighted by atomic mass is 10.3. The number of carbonyl (C=O) groups excluding carboxylic acids is 1. The Balaban J connectivity index is 4.05. The summed E-state index contributed by atoms with van der Waals surface area (Å²) >= 11 is 12.0. The second kappa shape index (κ2) is 4.89. The molecule has 70 valence electrons. The molecule has 5 heteroatoms. The van der Waals surface area contributed by atoms with Crippen LogP contribution in [-0.2, 0) is 4.79 Å². The van der Waals surface area contributed by atoms with Gasteiger partial charge in [-0.15, -0.1) is 22.2 Å². The molecule has 0 bridgehead atoms. The molecule has 1 amide bonds. The molecular formula is C7H13Cl2NOSi. The Labute approximate surface area is 83.1 Å². The molecule has 0 saturated heterocycles. The molecule has 0 aliphatic rings. The van der Waals surface area contributed by atoms with Crippen molar-refractivity contribution in [3.8, 4) is 0 Å². The summed E-state index contributed by atoms with van der Waals surface area (Å²) in [5.41, 5.74) is 5.34. The normalized spacial score (nSPS) is 11.2. The standard InChI is InChI=1S/C7H13Cl2NOSi/c1-3-4-12(8,9)5-6(2)7(10)11/h2-5H2,1H3,(H2,10,11). The SMILES string of the molecule is C=C(C[Si](Cl)(Cl)CCC)C(N)=O. The quantitative estimate of drug-likeness (QED) is 0.436. The Morgan fingerprint density at radius 2 is 2.08 bits per heavy atom. The van der Waals surface area contributed by atoms with Crippen LogP contribution in [0.5, 0.6) is 0 Å². The first kappa shape index (κ1) is 12.0. The largest absolute Gasteiger partial charge is 0.366 e. The van der Waals surface area contributed by atoms with Crippen LogP contribution in [0.3, 0.4) is 0 Å². The van der Waals surface area contributed by atoms with Gasteiger partial charge in [0, 0.05) is 5.57 Å². The second-order valence-electron chi connectivity index (χ2n) is 2.75. The predicted octanol–water partition coefficient (Wildman–Crippen LogP) is 2.36. The summed E-state index contributed by atoms with van der Waals surface area (Å²) in [6, 6.07) is 1.14. The minimum Gasteiger partial charge on any atom is -0.366 e. The minimum absolute atomic E-state index is 0.333. The Morgan fingerprint density at radius 1 is 1.58 bits per heavy atom. The zero-order valence-electron chi connectivity index (χ0n) is 7.07. The monoisotopic (exact) mass is 225 g/mol. The van der Waals surface area contributed by atoms with E-state index in [2.05, 4.69) is 6.58 Å². The molecule has 0 fully saturated rings. The van der Waals surface area contributed by atoms with Crippen molar-refractivity contribution in [3.05, 3.63) is 12.2 Å². The first-order chi connectivity index (χ1) is 5.39. The summed E-state index contributed by atoms with van der Waals surface area (Å²) in [5.74, 6) is -0.510. The van der Waals surface area contributed by atoms with Gasteiger partial charge in [0.15, 0.2) is 0 Å². The molecule has 0 radical (unpaired) electrons. The Hall–Kier alpha value is 0.00688. The van der Waals surface area contributed by atoms with Gasteiger partial charge >= 0.3 is 0 Å². The lowest BCUT2D eigenvalue weighted by Gasteiger charge is -2.15. The fourth-order valence-corrected chi connectivity index (χ4v) is 4.66. The van der Waals surface area contributed by atoms with Crippen molar-refractivity contribution >= 4 is 34.8 Å². The van der Waals surface area contributed by atoms with Crippen molar-refractivity contribution < 1.29 is 4.79 Å². The average molecular weight is 226 g/mol. The number of primary amides is 1. The van der Waals surface area contributed by atoms with Crippen LogP contribution in [0.4, 0.5) is 0 Å². The molecule has 0 unspecified atom stereocenters. The van der Waals surface area contributed by atoms with Gasteiger partial charge in [0.2, 0.25) is 5.91 Å². The van der Waals surface area contributed by atoms with Crippen LogP contribution in [0.25, 0.3) is 0 Å². The van der Waals surface area contributed by atoms with Crippen LogP contribution in [0, 0.1) is 0 Å². The van der Waals surface area contributed by atoms with Crippen molar-refractivity contribution in [2.45, 2.75) is 25.4 Å². The van der Waals surface area contributed by atoms with E-state index < -0.39 is 12.6 Å². The van der Waals surface area contributed by atoms with E-state index in [0.29, 0.717) is 11.6 Å². The molecule has 0 saturated carbocycles. The highest BCUT2D eigenvalue weighted by Crippen LogP contribution is 2.29. The van der Waals surface area contributed by atoms with E-state index in [-0.39, 0.29) is 0 Å². The van der Waals surface area contributed by atoms with Gasteiger partial charge < -0.3 is 5.73 Å². The molecule has 2 N–H and O–H groups in total. The van der Waals surface area contributed by atoms with Crippen LogP contribution in [0.2, 0.25) is 12.1 Å². The van der Waals surface area contributed by atoms with Crippen LogP contribution in [0.15, 0.2) is 12.2 Å². The number of hydrogen-bond donors (Lipinski definition) is 1. The summed E-state index contributed by atoms with van der Waals surface area (Å²) in [4.78, 5) is 10.6. The van der Waals surface area contributed by atoms with Gasteiger partial charge in [0.05, 0.1) is 0 Å². The van der Waals surface area contributed by atoms with Crippen LogP contribution >= 0.6 is 22.2 Å². The third kappa shape index (κ3) is 4.80. The van der Waals surface area contributed by atoms with Gasteiger partial charge in [0.25, 0.3) is 6.69 Å². The smallest absolute Gasteiger partial charge is 0.255 e. The molecule has 0 spiro atoms. The molecule has 2 nitrogen and oxygen atoms in total. The molecule has 0 atom stereocenters. The maximum absolute atomic E-state index is 10.6. The predicted molar refractivity (Wildman–Crippen MR) is 55.7 cm³/mol. The molecular weight excluding hydrogens is 213 g/mol. The fraction of sp³-hybridized carbons (Fsp3) is 0.571. The number of carbonyl (C=O) groups is 1. The van der Waals surface area contributed by atoms with E-state index in [1.54, 1.807) is 0 Å². The Bertz CT molecular complexity index is 194. The van der Waals surface area contributed by atoms with Gasteiger partial charge in [0.1, 0.15) is 0 Å². The van der Waals surface area contributed by atoms with Gasteiger partial charge in [-0.1, -0.05) is 19.9 Å². The van der Waals surface area contributed by atoms with Gasteiger partial charge in [-0.25, -0.2) is 0 Å². The van der Waals surface area contributed by atoms with E-state index in [1.165, 1.54) is 0 Å². The molecule has 0 aromatic carbocycles. The fourth-order valence-electron chi connectivity index (χ4n) is 0.853. The highest BCUT2D eigenvalue weighted by Gasteiger charge is 2.29. The summed E-state index contributed by atoms with van der Waals surface area (Å²) < 4.78 is 0. The molecule has 12 heavy (non-hydrogen) atoms. The lowest BCUT2D eigenvalue weighted by Crippen LogP contribution is -2.24. The van der Waals surface area contributed by atoms with E-state index in [4.69, 9.17) is 27.9 Å². The van der Waals surface area contributed by atoms with Crippen molar-refractivity contribution in [2.24, 2.45) is 5.73 Å². The summed E-state index contributed by atoms with van der Waals surface area (Å²) in [7, 11) is 0. The highest BCUT2D eigenvalue weighted by atomic mass is 35.7. The number of halogens is 2. The van der Waals surface area contributed by atoms with Gasteiger partial charge in [-0.2, -0.15) is 0 Å². The number of rotatable bonds is 5. The van der Waals surface area contributed by atoms with E-state index in [1.807, 2.05) is 6.92 Å². The summed E-state index contributed by atoms with van der Waals surface area (Å²) in [5, 5.41) is 0. The molecule has 0 aromatic heterocycles. The second-order valence-corrected chi connectivity index (χ2v) is 10.2. The highest BCUT2D eigenvalue weighted by molar-refractivity contribution is 7.45.